The Hall–Kier alpha value is -4.52. The third-order valence-electron chi connectivity index (χ3n) is 10.6. The van der Waals surface area contributed by atoms with Crippen molar-refractivity contribution < 1.29 is 17.6 Å². The van der Waals surface area contributed by atoms with E-state index in [0.29, 0.717) is 24.1 Å². The minimum atomic E-state index is -3.30. The third-order valence-corrected chi connectivity index (χ3v) is 15.6. The summed E-state index contributed by atoms with van der Waals surface area (Å²) in [4.78, 5) is 8.71. The Bertz CT molecular complexity index is 1900. The molecule has 0 saturated carbocycles. The van der Waals surface area contributed by atoms with Crippen molar-refractivity contribution in [2.75, 3.05) is 44.8 Å². The van der Waals surface area contributed by atoms with E-state index < -0.39 is 38.5 Å². The van der Waals surface area contributed by atoms with Gasteiger partial charge in [-0.15, -0.1) is 0 Å². The molecule has 1 N–H and O–H groups in total. The molecule has 4 aromatic rings. The standard InChI is InChI=1S/C42H47F3N6OSi/c1-30-22-31-16-17-32(23-46)37(24-47)39(31)40(38-19-18-33(25-48-38)49-34-26-50(27-34)21-11-20-43)51(30)28-42(44,45)29-52-53(41(2,3)4,35-12-7-5-8-13-35)36-14-9-6-10-15-36/h5-10,12-19,25,30,34,40,49H,11,20-22,26-29H2,1-4H3/t30-,40-/m1/s1. The normalized spacial score (nSPS) is 18.4. The van der Waals surface area contributed by atoms with Crippen LogP contribution in [-0.4, -0.2) is 80.6 Å². The van der Waals surface area contributed by atoms with Gasteiger partial charge in [-0.1, -0.05) is 87.5 Å². The Morgan fingerprint density at radius 1 is 0.925 bits per heavy atom. The molecule has 0 spiro atoms. The van der Waals surface area contributed by atoms with E-state index in [4.69, 9.17) is 9.41 Å². The SMILES string of the molecule is C[C@@H]1Cc2ccc(C#N)c(C#N)c2[C@@H](c2ccc(NC3CN(CCCF)C3)cn2)N1CC(F)(F)CO[Si](c1ccccc1)(c1ccccc1)C(C)(C)C. The topological polar surface area (TPSA) is 88.2 Å². The summed E-state index contributed by atoms with van der Waals surface area (Å²) in [5.41, 5.74) is 3.07. The van der Waals surface area contributed by atoms with Crippen LogP contribution in [0.2, 0.25) is 5.04 Å². The van der Waals surface area contributed by atoms with Crippen LogP contribution in [0, 0.1) is 22.7 Å². The third kappa shape index (κ3) is 7.90. The summed E-state index contributed by atoms with van der Waals surface area (Å²) in [5.74, 6) is -3.30. The predicted molar refractivity (Wildman–Crippen MR) is 205 cm³/mol. The van der Waals surface area contributed by atoms with Gasteiger partial charge in [0.2, 0.25) is 0 Å². The molecule has 1 aromatic heterocycles. The molecule has 2 atom stereocenters. The number of benzene rings is 3. The van der Waals surface area contributed by atoms with Crippen molar-refractivity contribution in [1.29, 1.82) is 10.5 Å². The zero-order chi connectivity index (χ0) is 37.8. The van der Waals surface area contributed by atoms with E-state index in [0.717, 1.165) is 41.3 Å². The highest BCUT2D eigenvalue weighted by molar-refractivity contribution is 6.99. The Balaban J connectivity index is 1.33. The van der Waals surface area contributed by atoms with Crippen molar-refractivity contribution in [3.8, 4) is 12.1 Å². The molecule has 6 rings (SSSR count). The number of halogens is 3. The number of fused-ring (bicyclic) bond motifs is 1. The van der Waals surface area contributed by atoms with E-state index in [9.17, 15) is 14.9 Å². The van der Waals surface area contributed by atoms with Crippen LogP contribution in [0.4, 0.5) is 18.9 Å². The largest absolute Gasteiger partial charge is 0.401 e. The van der Waals surface area contributed by atoms with E-state index in [-0.39, 0.29) is 29.9 Å². The highest BCUT2D eigenvalue weighted by Gasteiger charge is 2.52. The lowest BCUT2D eigenvalue weighted by Gasteiger charge is -2.45. The lowest BCUT2D eigenvalue weighted by Crippen LogP contribution is -2.67. The number of nitriles is 2. The van der Waals surface area contributed by atoms with Crippen LogP contribution in [0.1, 0.15) is 68.1 Å². The predicted octanol–water partition coefficient (Wildman–Crippen LogP) is 6.83. The minimum absolute atomic E-state index is 0.186. The van der Waals surface area contributed by atoms with Gasteiger partial charge in [0.1, 0.15) is 12.1 Å². The summed E-state index contributed by atoms with van der Waals surface area (Å²) >= 11 is 0. The fraction of sp³-hybridized carbons (Fsp3) is 0.405. The number of nitrogens with zero attached hydrogens (tertiary/aromatic N) is 5. The van der Waals surface area contributed by atoms with Gasteiger partial charge in [-0.2, -0.15) is 10.5 Å². The van der Waals surface area contributed by atoms with E-state index >= 15 is 8.78 Å². The molecular formula is C42H47F3N6OSi. The maximum absolute atomic E-state index is 16.8. The fourth-order valence-electron chi connectivity index (χ4n) is 8.09. The maximum Gasteiger partial charge on any atom is 0.282 e. The zero-order valence-corrected chi connectivity index (χ0v) is 31.8. The Morgan fingerprint density at radius 3 is 2.13 bits per heavy atom. The number of pyridine rings is 1. The molecule has 0 radical (unpaired) electrons. The van der Waals surface area contributed by atoms with Gasteiger partial charge in [0.15, 0.2) is 0 Å². The van der Waals surface area contributed by atoms with E-state index in [1.165, 1.54) is 0 Å². The van der Waals surface area contributed by atoms with Gasteiger partial charge in [-0.05, 0) is 64.5 Å². The summed E-state index contributed by atoms with van der Waals surface area (Å²) in [6, 6.07) is 30.1. The van der Waals surface area contributed by atoms with Gasteiger partial charge in [-0.3, -0.25) is 19.2 Å². The smallest absolute Gasteiger partial charge is 0.282 e. The second kappa shape index (κ2) is 15.8. The molecule has 1 fully saturated rings. The lowest BCUT2D eigenvalue weighted by atomic mass is 9.82. The van der Waals surface area contributed by atoms with Gasteiger partial charge < -0.3 is 9.74 Å². The van der Waals surface area contributed by atoms with Crippen LogP contribution in [0.3, 0.4) is 0 Å². The molecule has 276 valence electrons. The van der Waals surface area contributed by atoms with Crippen molar-refractivity contribution in [3.63, 3.8) is 0 Å². The van der Waals surface area contributed by atoms with Crippen molar-refractivity contribution in [3.05, 3.63) is 119 Å². The number of likely N-dealkylation sites (tertiary alicyclic amines) is 1. The number of anilines is 1. The first kappa shape index (κ1) is 38.2. The molecular weight excluding hydrogens is 690 g/mol. The van der Waals surface area contributed by atoms with Crippen molar-refractivity contribution in [2.45, 2.75) is 69.6 Å². The number of hydrogen-bond donors (Lipinski definition) is 1. The minimum Gasteiger partial charge on any atom is -0.401 e. The molecule has 0 bridgehead atoms. The van der Waals surface area contributed by atoms with Crippen LogP contribution in [0.25, 0.3) is 0 Å². The first-order chi connectivity index (χ1) is 25.4. The van der Waals surface area contributed by atoms with Crippen molar-refractivity contribution in [1.82, 2.24) is 14.8 Å². The van der Waals surface area contributed by atoms with Crippen LogP contribution >= 0.6 is 0 Å². The van der Waals surface area contributed by atoms with Gasteiger partial charge >= 0.3 is 0 Å². The molecule has 3 aromatic carbocycles. The Morgan fingerprint density at radius 2 is 1.58 bits per heavy atom. The fourth-order valence-corrected chi connectivity index (χ4v) is 12.7. The lowest BCUT2D eigenvalue weighted by molar-refractivity contribution is -0.0821. The highest BCUT2D eigenvalue weighted by atomic mass is 28.4. The maximum atomic E-state index is 16.8. The van der Waals surface area contributed by atoms with Crippen LogP contribution in [0.5, 0.6) is 0 Å². The van der Waals surface area contributed by atoms with Gasteiger partial charge in [0.25, 0.3) is 14.2 Å². The number of hydrogen-bond acceptors (Lipinski definition) is 7. The second-order valence-electron chi connectivity index (χ2n) is 15.3. The summed E-state index contributed by atoms with van der Waals surface area (Å²) in [6.45, 7) is 8.65. The number of aromatic nitrogens is 1. The molecule has 2 aliphatic rings. The van der Waals surface area contributed by atoms with Crippen molar-refractivity contribution >= 4 is 24.4 Å². The van der Waals surface area contributed by atoms with Gasteiger partial charge in [0, 0.05) is 25.7 Å². The summed E-state index contributed by atoms with van der Waals surface area (Å²) in [7, 11) is -3.25. The second-order valence-corrected chi connectivity index (χ2v) is 19.6. The van der Waals surface area contributed by atoms with E-state index in [1.807, 2.05) is 85.8 Å². The summed E-state index contributed by atoms with van der Waals surface area (Å²) < 4.78 is 52.9. The monoisotopic (exact) mass is 736 g/mol. The first-order valence-corrected chi connectivity index (χ1v) is 20.2. The van der Waals surface area contributed by atoms with Gasteiger partial charge in [-0.25, -0.2) is 8.78 Å². The summed E-state index contributed by atoms with van der Waals surface area (Å²) in [5, 5.41) is 25.1. The Labute approximate surface area is 312 Å². The number of nitrogens with one attached hydrogen (secondary N) is 1. The van der Waals surface area contributed by atoms with Crippen molar-refractivity contribution in [2.24, 2.45) is 0 Å². The average molecular weight is 737 g/mol. The molecule has 0 unspecified atom stereocenters. The molecule has 2 aliphatic heterocycles. The number of alkyl halides is 3. The average Bonchev–Trinajstić information content (AvgIpc) is 3.13. The number of rotatable bonds is 13. The highest BCUT2D eigenvalue weighted by Crippen LogP contribution is 2.43. The molecule has 0 amide bonds. The molecule has 1 saturated heterocycles. The molecule has 0 aliphatic carbocycles. The van der Waals surface area contributed by atoms with Crippen LogP contribution < -0.4 is 15.7 Å². The van der Waals surface area contributed by atoms with E-state index in [2.05, 4.69) is 43.1 Å². The molecule has 7 nitrogen and oxygen atoms in total. The van der Waals surface area contributed by atoms with Gasteiger partial charge in [0.05, 0.1) is 60.6 Å². The molecule has 3 heterocycles. The Kier molecular flexibility index (Phi) is 11.4. The zero-order valence-electron chi connectivity index (χ0n) is 30.8. The quantitative estimate of drug-likeness (QED) is 0.151. The first-order valence-electron chi connectivity index (χ1n) is 18.3. The summed E-state index contributed by atoms with van der Waals surface area (Å²) in [6.07, 6.45) is 2.64. The van der Waals surface area contributed by atoms with Crippen LogP contribution in [-0.2, 0) is 10.8 Å². The van der Waals surface area contributed by atoms with Crippen LogP contribution in [0.15, 0.2) is 91.1 Å². The molecule has 11 heteroatoms. The van der Waals surface area contributed by atoms with E-state index in [1.54, 1.807) is 17.2 Å². The molecule has 53 heavy (non-hydrogen) atoms.